The predicted octanol–water partition coefficient (Wildman–Crippen LogP) is 2.98. The van der Waals surface area contributed by atoms with E-state index in [9.17, 15) is 14.4 Å². The summed E-state index contributed by atoms with van der Waals surface area (Å²) in [6.07, 6.45) is 0. The summed E-state index contributed by atoms with van der Waals surface area (Å²) in [5.41, 5.74) is 0.0575. The summed E-state index contributed by atoms with van der Waals surface area (Å²) in [6, 6.07) is 24.6. The average molecular weight is 370 g/mol. The summed E-state index contributed by atoms with van der Waals surface area (Å²) >= 11 is 0. The van der Waals surface area contributed by atoms with Crippen molar-refractivity contribution in [1.29, 1.82) is 0 Å². The van der Waals surface area contributed by atoms with E-state index in [1.165, 1.54) is 0 Å². The van der Waals surface area contributed by atoms with Crippen LogP contribution in [0.25, 0.3) is 0 Å². The molecular weight excluding hydrogens is 352 g/mol. The van der Waals surface area contributed by atoms with Crippen LogP contribution in [-0.2, 0) is 6.54 Å². The third-order valence-electron chi connectivity index (χ3n) is 4.84. The Morgan fingerprint density at radius 3 is 1.79 bits per heavy atom. The van der Waals surface area contributed by atoms with Gasteiger partial charge in [0.25, 0.3) is 5.91 Å². The fraction of sp³-hybridized carbons (Fsp3) is 0.0870. The topological polar surface area (TPSA) is 75.3 Å². The first-order valence-corrected chi connectivity index (χ1v) is 8.97. The number of rotatable bonds is 5. The fourth-order valence-electron chi connectivity index (χ4n) is 3.37. The number of fused-ring (bicyclic) bond motifs is 1. The Labute approximate surface area is 162 Å². The van der Waals surface area contributed by atoms with Gasteiger partial charge in [-0.1, -0.05) is 72.8 Å². The zero-order valence-corrected chi connectivity index (χ0v) is 15.0. The van der Waals surface area contributed by atoms with E-state index in [-0.39, 0.29) is 6.54 Å². The average Bonchev–Trinajstić information content (AvgIpc) is 2.96. The maximum absolute atomic E-state index is 13.2. The number of nitrogens with one attached hydrogen (secondary N) is 2. The van der Waals surface area contributed by atoms with E-state index in [0.29, 0.717) is 16.7 Å². The van der Waals surface area contributed by atoms with Gasteiger partial charge in [0.15, 0.2) is 0 Å². The third-order valence-corrected chi connectivity index (χ3v) is 4.84. The normalized spacial score (nSPS) is 14.6. The van der Waals surface area contributed by atoms with Gasteiger partial charge in [-0.05, 0) is 17.7 Å². The summed E-state index contributed by atoms with van der Waals surface area (Å²) in [5, 5.41) is 5.70. The summed E-state index contributed by atoms with van der Waals surface area (Å²) < 4.78 is 0. The van der Waals surface area contributed by atoms with Gasteiger partial charge in [-0.2, -0.15) is 0 Å². The highest BCUT2D eigenvalue weighted by Crippen LogP contribution is 2.29. The number of hydrogen-bond acceptors (Lipinski definition) is 4. The molecule has 1 aliphatic carbocycles. The van der Waals surface area contributed by atoms with Crippen LogP contribution >= 0.6 is 0 Å². The molecule has 138 valence electrons. The first-order valence-electron chi connectivity index (χ1n) is 8.97. The van der Waals surface area contributed by atoms with Gasteiger partial charge in [0.05, 0.1) is 0 Å². The molecular formula is C23H18N2O3. The molecule has 0 radical (unpaired) electrons. The highest BCUT2D eigenvalue weighted by molar-refractivity contribution is 6.33. The van der Waals surface area contributed by atoms with Crippen LogP contribution in [0.1, 0.15) is 36.6 Å². The van der Waals surface area contributed by atoms with E-state index >= 15 is 0 Å². The number of amides is 1. The van der Waals surface area contributed by atoms with Crippen molar-refractivity contribution in [1.82, 2.24) is 10.6 Å². The molecule has 2 N–H and O–H groups in total. The van der Waals surface area contributed by atoms with Crippen LogP contribution in [0.2, 0.25) is 0 Å². The first-order chi connectivity index (χ1) is 13.6. The Balaban J connectivity index is 1.71. The molecule has 1 aliphatic rings. The van der Waals surface area contributed by atoms with Gasteiger partial charge in [-0.3, -0.25) is 19.7 Å². The molecule has 0 bridgehead atoms. The van der Waals surface area contributed by atoms with Crippen LogP contribution in [0.5, 0.6) is 0 Å². The van der Waals surface area contributed by atoms with Crippen LogP contribution in [0.4, 0.5) is 0 Å². The second-order valence-corrected chi connectivity index (χ2v) is 6.61. The largest absolute Gasteiger partial charge is 0.321 e. The SMILES string of the molecule is O=C(NC1(NCc2ccccc2)C(=O)c2ccccc2C1=O)c1ccccc1. The molecule has 1 amide bonds. The second-order valence-electron chi connectivity index (χ2n) is 6.61. The van der Waals surface area contributed by atoms with Crippen molar-refractivity contribution in [2.75, 3.05) is 0 Å². The molecule has 0 heterocycles. The zero-order chi connectivity index (χ0) is 19.6. The van der Waals surface area contributed by atoms with Crippen LogP contribution in [0, 0.1) is 0 Å². The minimum absolute atomic E-state index is 0.251. The maximum Gasteiger partial charge on any atom is 0.253 e. The van der Waals surface area contributed by atoms with Gasteiger partial charge in [0, 0.05) is 23.2 Å². The van der Waals surface area contributed by atoms with Crippen molar-refractivity contribution in [2.45, 2.75) is 12.2 Å². The molecule has 0 aliphatic heterocycles. The molecule has 0 unspecified atom stereocenters. The van der Waals surface area contributed by atoms with Crippen LogP contribution in [0.15, 0.2) is 84.9 Å². The summed E-state index contributed by atoms with van der Waals surface area (Å²) in [7, 11) is 0. The molecule has 0 fully saturated rings. The van der Waals surface area contributed by atoms with Crippen molar-refractivity contribution >= 4 is 17.5 Å². The molecule has 0 aromatic heterocycles. The van der Waals surface area contributed by atoms with E-state index in [2.05, 4.69) is 10.6 Å². The zero-order valence-electron chi connectivity index (χ0n) is 15.0. The number of carbonyl (C=O) groups is 3. The summed E-state index contributed by atoms with van der Waals surface area (Å²) in [5.74, 6) is -1.39. The van der Waals surface area contributed by atoms with Crippen molar-refractivity contribution in [2.24, 2.45) is 0 Å². The predicted molar refractivity (Wildman–Crippen MR) is 105 cm³/mol. The van der Waals surface area contributed by atoms with Crippen molar-refractivity contribution in [3.05, 3.63) is 107 Å². The van der Waals surface area contributed by atoms with E-state index in [4.69, 9.17) is 0 Å². The van der Waals surface area contributed by atoms with Gasteiger partial charge in [-0.15, -0.1) is 0 Å². The van der Waals surface area contributed by atoms with Gasteiger partial charge in [0.1, 0.15) is 0 Å². The highest BCUT2D eigenvalue weighted by Gasteiger charge is 2.54. The third kappa shape index (κ3) is 3.02. The van der Waals surface area contributed by atoms with Gasteiger partial charge >= 0.3 is 0 Å². The quantitative estimate of drug-likeness (QED) is 0.535. The Morgan fingerprint density at radius 1 is 0.714 bits per heavy atom. The molecule has 0 saturated carbocycles. The molecule has 3 aromatic carbocycles. The molecule has 0 spiro atoms. The van der Waals surface area contributed by atoms with Crippen LogP contribution < -0.4 is 10.6 Å². The molecule has 0 atom stereocenters. The molecule has 0 saturated heterocycles. The number of benzene rings is 3. The smallest absolute Gasteiger partial charge is 0.253 e. The van der Waals surface area contributed by atoms with E-state index in [1.54, 1.807) is 54.6 Å². The number of hydrogen-bond donors (Lipinski definition) is 2. The highest BCUT2D eigenvalue weighted by atomic mass is 16.2. The molecule has 4 rings (SSSR count). The van der Waals surface area contributed by atoms with Crippen LogP contribution in [-0.4, -0.2) is 23.1 Å². The Kier molecular flexibility index (Phi) is 4.59. The Hall–Kier alpha value is -3.57. The van der Waals surface area contributed by atoms with Crippen molar-refractivity contribution in [3.63, 3.8) is 0 Å². The van der Waals surface area contributed by atoms with Crippen molar-refractivity contribution < 1.29 is 14.4 Å². The van der Waals surface area contributed by atoms with E-state index in [1.807, 2.05) is 30.3 Å². The lowest BCUT2D eigenvalue weighted by atomic mass is 10.0. The lowest BCUT2D eigenvalue weighted by Gasteiger charge is -2.28. The van der Waals surface area contributed by atoms with E-state index in [0.717, 1.165) is 5.56 Å². The number of carbonyl (C=O) groups excluding carboxylic acids is 3. The lowest BCUT2D eigenvalue weighted by Crippen LogP contribution is -2.66. The fourth-order valence-corrected chi connectivity index (χ4v) is 3.37. The van der Waals surface area contributed by atoms with E-state index < -0.39 is 23.1 Å². The molecule has 3 aromatic rings. The first kappa shape index (κ1) is 17.8. The van der Waals surface area contributed by atoms with Gasteiger partial charge in [-0.25, -0.2) is 0 Å². The lowest BCUT2D eigenvalue weighted by molar-refractivity contribution is 0.0652. The molecule has 28 heavy (non-hydrogen) atoms. The van der Waals surface area contributed by atoms with Crippen molar-refractivity contribution in [3.8, 4) is 0 Å². The monoisotopic (exact) mass is 370 g/mol. The maximum atomic E-state index is 13.2. The molecule has 5 nitrogen and oxygen atoms in total. The Bertz CT molecular complexity index is 1010. The minimum atomic E-state index is -1.83. The minimum Gasteiger partial charge on any atom is -0.321 e. The second kappa shape index (κ2) is 7.21. The summed E-state index contributed by atoms with van der Waals surface area (Å²) in [6.45, 7) is 0.251. The van der Waals surface area contributed by atoms with Crippen LogP contribution in [0.3, 0.4) is 0 Å². The number of Topliss-reactive ketones (excluding diaryl/α,β-unsaturated/α-hetero) is 2. The van der Waals surface area contributed by atoms with Gasteiger partial charge in [0.2, 0.25) is 17.2 Å². The standard InChI is InChI=1S/C23H18N2O3/c26-20-18-13-7-8-14-19(18)21(27)23(20,24-15-16-9-3-1-4-10-16)25-22(28)17-11-5-2-6-12-17/h1-14,24H,15H2,(H,25,28). The molecule has 5 heteroatoms. The number of ketones is 2. The Morgan fingerprint density at radius 2 is 1.21 bits per heavy atom. The summed E-state index contributed by atoms with van der Waals surface area (Å²) in [4.78, 5) is 39.2. The van der Waals surface area contributed by atoms with Gasteiger partial charge < -0.3 is 5.32 Å².